The van der Waals surface area contributed by atoms with Crippen LogP contribution in [0.1, 0.15) is 32.4 Å². The van der Waals surface area contributed by atoms with E-state index in [4.69, 9.17) is 0 Å². The summed E-state index contributed by atoms with van der Waals surface area (Å²) in [5.41, 5.74) is 1.03. The number of likely N-dealkylation sites (tertiary alicyclic amines) is 1. The fourth-order valence-corrected chi connectivity index (χ4v) is 2.58. The molecule has 1 saturated heterocycles. The van der Waals surface area contributed by atoms with Crippen LogP contribution in [0.5, 0.6) is 0 Å². The first-order valence-corrected chi connectivity index (χ1v) is 7.48. The van der Waals surface area contributed by atoms with Crippen LogP contribution in [0, 0.1) is 0 Å². The van der Waals surface area contributed by atoms with Gasteiger partial charge in [-0.1, -0.05) is 6.92 Å². The number of aromatic nitrogens is 2. The standard InChI is InChI=1S/C14H25N5O/c1-3-18-7-5-12(6-8-18)17-14(20)16-10-13-9-15-11-19(13)4-2/h9,11-12H,3-8,10H2,1-2H3,(H2,16,17,20). The number of carbonyl (C=O) groups excluding carboxylic acids is 1. The first kappa shape index (κ1) is 14.8. The van der Waals surface area contributed by atoms with E-state index in [-0.39, 0.29) is 6.03 Å². The average molecular weight is 279 g/mol. The Balaban J connectivity index is 1.71. The lowest BCUT2D eigenvalue weighted by Crippen LogP contribution is -2.47. The molecule has 2 heterocycles. The van der Waals surface area contributed by atoms with Gasteiger partial charge < -0.3 is 20.1 Å². The fourth-order valence-electron chi connectivity index (χ4n) is 2.58. The first-order valence-electron chi connectivity index (χ1n) is 7.48. The molecule has 6 nitrogen and oxygen atoms in total. The topological polar surface area (TPSA) is 62.2 Å². The molecular formula is C14H25N5O. The zero-order chi connectivity index (χ0) is 14.4. The van der Waals surface area contributed by atoms with E-state index in [0.717, 1.165) is 44.7 Å². The number of rotatable bonds is 5. The molecule has 0 aliphatic carbocycles. The van der Waals surface area contributed by atoms with Crippen molar-refractivity contribution in [2.75, 3.05) is 19.6 Å². The van der Waals surface area contributed by atoms with Crippen LogP contribution >= 0.6 is 0 Å². The highest BCUT2D eigenvalue weighted by Gasteiger charge is 2.19. The summed E-state index contributed by atoms with van der Waals surface area (Å²) in [6.45, 7) is 8.87. The number of amides is 2. The minimum absolute atomic E-state index is 0.0798. The number of piperidine rings is 1. The van der Waals surface area contributed by atoms with Crippen molar-refractivity contribution in [1.82, 2.24) is 25.1 Å². The van der Waals surface area contributed by atoms with Crippen LogP contribution in [0.3, 0.4) is 0 Å². The van der Waals surface area contributed by atoms with Gasteiger partial charge >= 0.3 is 6.03 Å². The predicted molar refractivity (Wildman–Crippen MR) is 78.4 cm³/mol. The Hall–Kier alpha value is -1.56. The molecule has 0 aromatic carbocycles. The molecule has 0 radical (unpaired) electrons. The molecule has 1 aliphatic rings. The van der Waals surface area contributed by atoms with Crippen LogP contribution in [0.15, 0.2) is 12.5 Å². The Morgan fingerprint density at radius 2 is 2.10 bits per heavy atom. The van der Waals surface area contributed by atoms with E-state index in [1.54, 1.807) is 12.5 Å². The quantitative estimate of drug-likeness (QED) is 0.851. The summed E-state index contributed by atoms with van der Waals surface area (Å²) in [5, 5.41) is 5.96. The summed E-state index contributed by atoms with van der Waals surface area (Å²) in [4.78, 5) is 18.4. The van der Waals surface area contributed by atoms with Gasteiger partial charge in [0.05, 0.1) is 18.6 Å². The highest BCUT2D eigenvalue weighted by molar-refractivity contribution is 5.74. The summed E-state index contributed by atoms with van der Waals surface area (Å²) in [5.74, 6) is 0. The number of hydrogen-bond donors (Lipinski definition) is 2. The molecular weight excluding hydrogens is 254 g/mol. The van der Waals surface area contributed by atoms with Gasteiger partial charge in [-0.25, -0.2) is 9.78 Å². The second-order valence-corrected chi connectivity index (χ2v) is 5.21. The van der Waals surface area contributed by atoms with Gasteiger partial charge in [0.25, 0.3) is 0 Å². The molecule has 20 heavy (non-hydrogen) atoms. The van der Waals surface area contributed by atoms with Crippen LogP contribution in [-0.2, 0) is 13.1 Å². The zero-order valence-corrected chi connectivity index (χ0v) is 12.4. The monoisotopic (exact) mass is 279 g/mol. The lowest BCUT2D eigenvalue weighted by atomic mass is 10.1. The maximum absolute atomic E-state index is 11.9. The fraction of sp³-hybridized carbons (Fsp3) is 0.714. The van der Waals surface area contributed by atoms with Crippen LogP contribution in [0.4, 0.5) is 4.79 Å². The van der Waals surface area contributed by atoms with Crippen molar-refractivity contribution in [3.05, 3.63) is 18.2 Å². The first-order chi connectivity index (χ1) is 9.72. The summed E-state index contributed by atoms with van der Waals surface area (Å²) in [7, 11) is 0. The molecule has 1 aromatic heterocycles. The molecule has 6 heteroatoms. The van der Waals surface area contributed by atoms with E-state index in [2.05, 4.69) is 34.4 Å². The Labute approximate surface area is 120 Å². The number of urea groups is 1. The second kappa shape index (κ2) is 7.28. The molecule has 1 aliphatic heterocycles. The van der Waals surface area contributed by atoms with E-state index < -0.39 is 0 Å². The molecule has 0 bridgehead atoms. The molecule has 1 fully saturated rings. The van der Waals surface area contributed by atoms with Crippen LogP contribution < -0.4 is 10.6 Å². The molecule has 2 rings (SSSR count). The van der Waals surface area contributed by atoms with E-state index in [9.17, 15) is 4.79 Å². The lowest BCUT2D eigenvalue weighted by Gasteiger charge is -2.31. The molecule has 0 unspecified atom stereocenters. The predicted octanol–water partition coefficient (Wildman–Crippen LogP) is 1.19. The molecule has 2 N–H and O–H groups in total. The minimum atomic E-state index is -0.0798. The Kier molecular flexibility index (Phi) is 5.40. The van der Waals surface area contributed by atoms with Crippen LogP contribution in [-0.4, -0.2) is 46.2 Å². The number of aryl methyl sites for hydroxylation is 1. The van der Waals surface area contributed by atoms with E-state index in [1.807, 2.05) is 4.57 Å². The molecule has 1 aromatic rings. The normalized spacial score (nSPS) is 17.1. The summed E-state index contributed by atoms with van der Waals surface area (Å²) < 4.78 is 2.03. The maximum Gasteiger partial charge on any atom is 0.315 e. The third-order valence-electron chi connectivity index (χ3n) is 3.94. The largest absolute Gasteiger partial charge is 0.335 e. The highest BCUT2D eigenvalue weighted by Crippen LogP contribution is 2.09. The third-order valence-corrected chi connectivity index (χ3v) is 3.94. The minimum Gasteiger partial charge on any atom is -0.335 e. The van der Waals surface area contributed by atoms with E-state index >= 15 is 0 Å². The van der Waals surface area contributed by atoms with Gasteiger partial charge in [0.1, 0.15) is 0 Å². The van der Waals surface area contributed by atoms with Gasteiger partial charge in [-0.05, 0) is 26.3 Å². The van der Waals surface area contributed by atoms with Gasteiger partial charge in [-0.15, -0.1) is 0 Å². The van der Waals surface area contributed by atoms with Crippen molar-refractivity contribution in [2.45, 2.75) is 45.8 Å². The Morgan fingerprint density at radius 1 is 1.35 bits per heavy atom. The SMILES string of the molecule is CCN1CCC(NC(=O)NCc2cncn2CC)CC1. The zero-order valence-electron chi connectivity index (χ0n) is 12.4. The Bertz CT molecular complexity index is 423. The molecule has 0 atom stereocenters. The number of hydrogen-bond acceptors (Lipinski definition) is 3. The summed E-state index contributed by atoms with van der Waals surface area (Å²) in [6.07, 6.45) is 5.65. The van der Waals surface area contributed by atoms with Gasteiger partial charge in [-0.2, -0.15) is 0 Å². The summed E-state index contributed by atoms with van der Waals surface area (Å²) >= 11 is 0. The van der Waals surface area contributed by atoms with Gasteiger partial charge in [0, 0.05) is 31.9 Å². The third kappa shape index (κ3) is 3.96. The van der Waals surface area contributed by atoms with Gasteiger partial charge in [0.2, 0.25) is 0 Å². The molecule has 112 valence electrons. The number of nitrogens with one attached hydrogen (secondary N) is 2. The van der Waals surface area contributed by atoms with Gasteiger partial charge in [0.15, 0.2) is 0 Å². The van der Waals surface area contributed by atoms with Crippen molar-refractivity contribution in [1.29, 1.82) is 0 Å². The Morgan fingerprint density at radius 3 is 2.75 bits per heavy atom. The molecule has 0 saturated carbocycles. The van der Waals surface area contributed by atoms with Gasteiger partial charge in [-0.3, -0.25) is 0 Å². The average Bonchev–Trinajstić information content (AvgIpc) is 2.93. The van der Waals surface area contributed by atoms with Crippen molar-refractivity contribution in [3.63, 3.8) is 0 Å². The van der Waals surface area contributed by atoms with Crippen molar-refractivity contribution >= 4 is 6.03 Å². The summed E-state index contributed by atoms with van der Waals surface area (Å²) in [6, 6.07) is 0.220. The smallest absolute Gasteiger partial charge is 0.315 e. The van der Waals surface area contributed by atoms with E-state index in [0.29, 0.717) is 12.6 Å². The van der Waals surface area contributed by atoms with Crippen LogP contribution in [0.2, 0.25) is 0 Å². The van der Waals surface area contributed by atoms with Crippen molar-refractivity contribution in [3.8, 4) is 0 Å². The molecule has 0 spiro atoms. The highest BCUT2D eigenvalue weighted by atomic mass is 16.2. The van der Waals surface area contributed by atoms with Crippen molar-refractivity contribution < 1.29 is 4.79 Å². The molecule has 2 amide bonds. The number of carbonyl (C=O) groups is 1. The second-order valence-electron chi connectivity index (χ2n) is 5.21. The lowest BCUT2D eigenvalue weighted by molar-refractivity contribution is 0.198. The van der Waals surface area contributed by atoms with E-state index in [1.165, 1.54) is 0 Å². The number of nitrogens with zero attached hydrogens (tertiary/aromatic N) is 3. The maximum atomic E-state index is 11.9. The van der Waals surface area contributed by atoms with Crippen LogP contribution in [0.25, 0.3) is 0 Å². The number of imidazole rings is 1. The van der Waals surface area contributed by atoms with Crippen molar-refractivity contribution in [2.24, 2.45) is 0 Å².